The Bertz CT molecular complexity index is 1090. The van der Waals surface area contributed by atoms with Crippen molar-refractivity contribution in [2.45, 2.75) is 26.7 Å². The number of amides is 2. The van der Waals surface area contributed by atoms with Gasteiger partial charge in [-0.1, -0.05) is 43.6 Å². The van der Waals surface area contributed by atoms with Crippen LogP contribution >= 0.6 is 23.2 Å². The number of hydrogen-bond acceptors (Lipinski definition) is 9. The number of nitrogens with zero attached hydrogens (tertiary/aromatic N) is 4. The lowest BCUT2D eigenvalue weighted by atomic mass is 10.1. The highest BCUT2D eigenvalue weighted by molar-refractivity contribution is 6.44. The maximum atomic E-state index is 11.9. The van der Waals surface area contributed by atoms with E-state index in [1.807, 2.05) is 19.2 Å². The van der Waals surface area contributed by atoms with E-state index >= 15 is 0 Å². The monoisotopic (exact) mass is 494 g/mol. The highest BCUT2D eigenvalue weighted by Gasteiger charge is 2.18. The molecule has 2 rings (SSSR count). The Morgan fingerprint density at radius 3 is 2.42 bits per heavy atom. The smallest absolute Gasteiger partial charge is 0.413 e. The van der Waals surface area contributed by atoms with Gasteiger partial charge < -0.3 is 19.1 Å². The minimum atomic E-state index is -1.04. The third-order valence-electron chi connectivity index (χ3n) is 3.88. The fraction of sp³-hybridized carbons (Fsp3) is 0.300. The number of carbonyl (C=O) groups excluding carboxylic acids is 2. The molecule has 13 heteroatoms. The zero-order valence-corrected chi connectivity index (χ0v) is 19.6. The first kappa shape index (κ1) is 25.6. The lowest BCUT2D eigenvalue weighted by molar-refractivity contribution is -0.114. The van der Waals surface area contributed by atoms with E-state index in [1.165, 1.54) is 19.2 Å². The zero-order chi connectivity index (χ0) is 24.5. The molecule has 174 valence electrons. The van der Waals surface area contributed by atoms with E-state index in [-0.39, 0.29) is 39.9 Å². The molecule has 0 radical (unpaired) electrons. The summed E-state index contributed by atoms with van der Waals surface area (Å²) in [4.78, 5) is 26.2. The molecule has 0 saturated heterocycles. The van der Waals surface area contributed by atoms with Gasteiger partial charge in [0.25, 0.3) is 5.91 Å². The van der Waals surface area contributed by atoms with Gasteiger partial charge in [-0.15, -0.1) is 10.2 Å². The first-order valence-electron chi connectivity index (χ1n) is 9.47. The van der Waals surface area contributed by atoms with Crippen LogP contribution in [0.25, 0.3) is 4.85 Å². The van der Waals surface area contributed by atoms with Crippen molar-refractivity contribution in [1.82, 2.24) is 15.5 Å². The molecule has 1 heterocycles. The van der Waals surface area contributed by atoms with Gasteiger partial charge in [-0.3, -0.25) is 10.1 Å². The van der Waals surface area contributed by atoms with Crippen molar-refractivity contribution in [2.75, 3.05) is 19.1 Å². The highest BCUT2D eigenvalue weighted by atomic mass is 35.5. The van der Waals surface area contributed by atoms with Gasteiger partial charge >= 0.3 is 11.9 Å². The fourth-order valence-electron chi connectivity index (χ4n) is 2.38. The van der Waals surface area contributed by atoms with Crippen LogP contribution in [0.1, 0.15) is 32.3 Å². The van der Waals surface area contributed by atoms with E-state index < -0.39 is 17.8 Å². The molecule has 0 unspecified atom stereocenters. The third kappa shape index (κ3) is 6.93. The number of alkyl carbamates (subject to hydrolysis) is 1. The normalized spacial score (nSPS) is 10.9. The number of hydrazone groups is 1. The van der Waals surface area contributed by atoms with Crippen LogP contribution in [0.3, 0.4) is 0 Å². The van der Waals surface area contributed by atoms with Crippen LogP contribution in [0.4, 0.5) is 10.5 Å². The molecule has 0 atom stereocenters. The van der Waals surface area contributed by atoms with Crippen LogP contribution in [0.2, 0.25) is 10.0 Å². The van der Waals surface area contributed by atoms with Crippen LogP contribution in [0.5, 0.6) is 17.5 Å². The Hall–Kier alpha value is -3.62. The second-order valence-corrected chi connectivity index (χ2v) is 7.32. The fourth-order valence-corrected chi connectivity index (χ4v) is 2.95. The van der Waals surface area contributed by atoms with Crippen LogP contribution in [-0.4, -0.2) is 41.8 Å². The van der Waals surface area contributed by atoms with Crippen LogP contribution in [-0.2, 0) is 9.53 Å². The first-order chi connectivity index (χ1) is 15.7. The number of benzene rings is 1. The van der Waals surface area contributed by atoms with E-state index in [9.17, 15) is 9.59 Å². The van der Waals surface area contributed by atoms with Crippen LogP contribution in [0, 0.1) is 6.57 Å². The molecule has 0 aliphatic heterocycles. The number of imide groups is 1. The Morgan fingerprint density at radius 2 is 1.88 bits per heavy atom. The summed E-state index contributed by atoms with van der Waals surface area (Å²) >= 11 is 12.6. The van der Waals surface area contributed by atoms with Gasteiger partial charge in [0.1, 0.15) is 0 Å². The quantitative estimate of drug-likeness (QED) is 0.246. The Morgan fingerprint density at radius 1 is 1.21 bits per heavy atom. The Labute approximate surface area is 199 Å². The molecule has 2 aromatic rings. The predicted octanol–water partition coefficient (Wildman–Crippen LogP) is 4.63. The van der Waals surface area contributed by atoms with Gasteiger partial charge in [0.05, 0.1) is 29.4 Å². The topological polar surface area (TPSA) is 128 Å². The van der Waals surface area contributed by atoms with E-state index in [0.29, 0.717) is 5.88 Å². The number of amidine groups is 1. The maximum absolute atomic E-state index is 11.9. The second kappa shape index (κ2) is 11.8. The molecule has 0 aliphatic rings. The molecule has 0 fully saturated rings. The van der Waals surface area contributed by atoms with E-state index in [1.54, 1.807) is 13.0 Å². The van der Waals surface area contributed by atoms with Gasteiger partial charge in [0.15, 0.2) is 5.75 Å². The molecule has 11 nitrogen and oxygen atoms in total. The molecule has 33 heavy (non-hydrogen) atoms. The highest BCUT2D eigenvalue weighted by Crippen LogP contribution is 2.39. The molecular formula is C20H20Cl2N6O5. The molecule has 1 aromatic heterocycles. The summed E-state index contributed by atoms with van der Waals surface area (Å²) in [6.45, 7) is 12.6. The van der Waals surface area contributed by atoms with Crippen molar-refractivity contribution >= 4 is 46.7 Å². The lowest BCUT2D eigenvalue weighted by Gasteiger charge is -2.13. The number of halogens is 2. The lowest BCUT2D eigenvalue weighted by Crippen LogP contribution is -2.35. The number of nitrogens with one attached hydrogen (secondary N) is 2. The van der Waals surface area contributed by atoms with Crippen molar-refractivity contribution in [3.05, 3.63) is 45.2 Å². The molecule has 0 bridgehead atoms. The second-order valence-electron chi connectivity index (χ2n) is 6.51. The number of rotatable bonds is 7. The van der Waals surface area contributed by atoms with Gasteiger partial charge in [0, 0.05) is 11.6 Å². The average Bonchev–Trinajstić information content (AvgIpc) is 2.76. The molecule has 0 aliphatic carbocycles. The number of hydrogen-bond donors (Lipinski definition) is 2. The maximum Gasteiger partial charge on any atom is 0.413 e. The van der Waals surface area contributed by atoms with Crippen molar-refractivity contribution in [1.29, 1.82) is 0 Å². The Balaban J connectivity index is 2.21. The summed E-state index contributed by atoms with van der Waals surface area (Å²) in [5, 5.41) is 13.7. The summed E-state index contributed by atoms with van der Waals surface area (Å²) in [5.41, 5.74) is 3.53. The standard InChI is InChI=1S/C20H20Cl2N6O5/c1-6-32-20(30)24-18(29)17(23-4)27-25-11-7-13(21)16(14(22)8-11)33-15-9-12(10(2)3)19(31-5)28-26-15/h7-10,25H,6H2,1-3,5H3,(H,24,29,30)/b27-17+. The van der Waals surface area contributed by atoms with Crippen LogP contribution < -0.4 is 20.2 Å². The first-order valence-corrected chi connectivity index (χ1v) is 10.2. The van der Waals surface area contributed by atoms with Crippen molar-refractivity contribution in [3.63, 3.8) is 0 Å². The van der Waals surface area contributed by atoms with Crippen molar-refractivity contribution in [3.8, 4) is 17.5 Å². The van der Waals surface area contributed by atoms with Gasteiger partial charge in [-0.25, -0.2) is 10.2 Å². The van der Waals surface area contributed by atoms with E-state index in [0.717, 1.165) is 5.56 Å². The SMILES string of the molecule is [C-]#[N+]/C(=N/Nc1cc(Cl)c(Oc2cc(C(C)C)c(OC)nn2)c(Cl)c1)C(=O)NC(=O)OCC. The molecule has 1 aromatic carbocycles. The number of anilines is 1. The molecule has 2 N–H and O–H groups in total. The summed E-state index contributed by atoms with van der Waals surface area (Å²) in [7, 11) is 1.50. The summed E-state index contributed by atoms with van der Waals surface area (Å²) in [5.74, 6) is -0.904. The van der Waals surface area contributed by atoms with Gasteiger partial charge in [-0.05, 0) is 30.1 Å². The largest absolute Gasteiger partial charge is 0.480 e. The van der Waals surface area contributed by atoms with Crippen molar-refractivity contribution in [2.24, 2.45) is 5.10 Å². The predicted molar refractivity (Wildman–Crippen MR) is 122 cm³/mol. The summed E-state index contributed by atoms with van der Waals surface area (Å²) in [6.07, 6.45) is -0.992. The number of methoxy groups -OCH3 is 1. The minimum absolute atomic E-state index is 0.0637. The van der Waals surface area contributed by atoms with Gasteiger partial charge in [0.2, 0.25) is 11.8 Å². The summed E-state index contributed by atoms with van der Waals surface area (Å²) in [6, 6.07) is 4.50. The molecule has 0 saturated carbocycles. The molecule has 0 spiro atoms. The number of carbonyl (C=O) groups is 2. The minimum Gasteiger partial charge on any atom is -0.480 e. The molecule has 2 amide bonds. The zero-order valence-electron chi connectivity index (χ0n) is 18.1. The Kier molecular flexibility index (Phi) is 9.20. The van der Waals surface area contributed by atoms with E-state index in [2.05, 4.69) is 30.3 Å². The molecular weight excluding hydrogens is 475 g/mol. The van der Waals surface area contributed by atoms with Crippen molar-refractivity contribution < 1.29 is 23.8 Å². The third-order valence-corrected chi connectivity index (χ3v) is 4.44. The van der Waals surface area contributed by atoms with E-state index in [4.69, 9.17) is 39.2 Å². The van der Waals surface area contributed by atoms with Crippen LogP contribution in [0.15, 0.2) is 23.3 Å². The average molecular weight is 495 g/mol. The number of ether oxygens (including phenoxy) is 3. The number of aromatic nitrogens is 2. The summed E-state index contributed by atoms with van der Waals surface area (Å²) < 4.78 is 15.5. The van der Waals surface area contributed by atoms with Gasteiger partial charge in [-0.2, -0.15) is 0 Å².